The van der Waals surface area contributed by atoms with Gasteiger partial charge in [0.15, 0.2) is 0 Å². The quantitative estimate of drug-likeness (QED) is 0.778. The van der Waals surface area contributed by atoms with Crippen molar-refractivity contribution in [3.05, 3.63) is 0 Å². The van der Waals surface area contributed by atoms with Gasteiger partial charge in [-0.2, -0.15) is 0 Å². The second-order valence-corrected chi connectivity index (χ2v) is 7.61. The molecule has 23 heavy (non-hydrogen) atoms. The van der Waals surface area contributed by atoms with Gasteiger partial charge in [0.1, 0.15) is 0 Å². The fraction of sp³-hybridized carbons (Fsp3) is 0.889. The van der Waals surface area contributed by atoms with Crippen LogP contribution in [0.5, 0.6) is 0 Å². The first-order valence-electron chi connectivity index (χ1n) is 9.19. The second-order valence-electron chi connectivity index (χ2n) is 7.61. The lowest BCUT2D eigenvalue weighted by atomic mass is 9.65. The van der Waals surface area contributed by atoms with Gasteiger partial charge < -0.3 is 15.1 Å². The summed E-state index contributed by atoms with van der Waals surface area (Å²) in [6, 6.07) is 0.315. The van der Waals surface area contributed by atoms with E-state index in [0.717, 1.165) is 52.0 Å². The molecule has 2 aliphatic rings. The molecule has 2 fully saturated rings. The number of amides is 2. The lowest BCUT2D eigenvalue weighted by molar-refractivity contribution is -0.132. The van der Waals surface area contributed by atoms with Crippen LogP contribution >= 0.6 is 0 Å². The molecule has 132 valence electrons. The van der Waals surface area contributed by atoms with Gasteiger partial charge in [-0.15, -0.1) is 0 Å². The smallest absolute Gasteiger partial charge is 0.223 e. The summed E-state index contributed by atoms with van der Waals surface area (Å²) in [6.45, 7) is 12.8. The van der Waals surface area contributed by atoms with Crippen LogP contribution in [0.25, 0.3) is 0 Å². The lowest BCUT2D eigenvalue weighted by Gasteiger charge is -2.45. The second kappa shape index (κ2) is 7.65. The normalized spacial score (nSPS) is 26.9. The van der Waals surface area contributed by atoms with Crippen molar-refractivity contribution < 1.29 is 9.59 Å². The third-order valence-electron chi connectivity index (χ3n) is 5.56. The van der Waals surface area contributed by atoms with E-state index in [1.165, 1.54) is 0 Å². The average molecular weight is 323 g/mol. The van der Waals surface area contributed by atoms with Gasteiger partial charge in [-0.3, -0.25) is 9.59 Å². The molecule has 0 aromatic carbocycles. The van der Waals surface area contributed by atoms with Crippen LogP contribution in [0.3, 0.4) is 0 Å². The van der Waals surface area contributed by atoms with Gasteiger partial charge in [0.25, 0.3) is 0 Å². The highest BCUT2D eigenvalue weighted by molar-refractivity contribution is 5.78. The Morgan fingerprint density at radius 1 is 1.26 bits per heavy atom. The summed E-state index contributed by atoms with van der Waals surface area (Å²) in [5.41, 5.74) is 0.278. The van der Waals surface area contributed by atoms with Gasteiger partial charge in [0.05, 0.1) is 0 Å². The molecule has 1 aliphatic heterocycles. The molecule has 5 nitrogen and oxygen atoms in total. The van der Waals surface area contributed by atoms with Crippen LogP contribution in [-0.2, 0) is 9.59 Å². The molecule has 2 amide bonds. The van der Waals surface area contributed by atoms with Crippen LogP contribution in [-0.4, -0.2) is 60.4 Å². The summed E-state index contributed by atoms with van der Waals surface area (Å²) in [5.74, 6) is 0.492. The number of carbonyl (C=O) groups excluding carboxylic acids is 2. The Bertz CT molecular complexity index is 426. The zero-order valence-electron chi connectivity index (χ0n) is 15.2. The fourth-order valence-electron chi connectivity index (χ4n) is 3.89. The van der Waals surface area contributed by atoms with E-state index in [4.69, 9.17) is 0 Å². The van der Waals surface area contributed by atoms with Crippen LogP contribution < -0.4 is 5.32 Å². The van der Waals surface area contributed by atoms with E-state index < -0.39 is 0 Å². The molecule has 5 heteroatoms. The van der Waals surface area contributed by atoms with E-state index >= 15 is 0 Å². The van der Waals surface area contributed by atoms with Gasteiger partial charge >= 0.3 is 0 Å². The van der Waals surface area contributed by atoms with Crippen molar-refractivity contribution >= 4 is 11.8 Å². The largest absolute Gasteiger partial charge is 0.353 e. The van der Waals surface area contributed by atoms with Gasteiger partial charge in [-0.25, -0.2) is 0 Å². The highest BCUT2D eigenvalue weighted by Crippen LogP contribution is 2.48. The summed E-state index contributed by atoms with van der Waals surface area (Å²) in [4.78, 5) is 28.5. The highest BCUT2D eigenvalue weighted by Gasteiger charge is 2.49. The molecule has 1 saturated heterocycles. The third-order valence-corrected chi connectivity index (χ3v) is 5.56. The molecule has 0 bridgehead atoms. The Hall–Kier alpha value is -1.10. The lowest BCUT2D eigenvalue weighted by Crippen LogP contribution is -2.52. The first-order chi connectivity index (χ1) is 10.9. The molecule has 0 unspecified atom stereocenters. The molecular weight excluding hydrogens is 290 g/mol. The molecule has 2 rings (SSSR count). The Morgan fingerprint density at radius 3 is 2.48 bits per heavy atom. The molecule has 0 aromatic rings. The zero-order valence-corrected chi connectivity index (χ0v) is 15.2. The van der Waals surface area contributed by atoms with Gasteiger partial charge in [-0.05, 0) is 37.8 Å². The number of hydrogen-bond donors (Lipinski definition) is 1. The van der Waals surface area contributed by atoms with Crippen LogP contribution in [0.2, 0.25) is 0 Å². The van der Waals surface area contributed by atoms with Crippen LogP contribution in [0.15, 0.2) is 0 Å². The van der Waals surface area contributed by atoms with Crippen molar-refractivity contribution in [1.29, 1.82) is 0 Å². The number of nitrogens with one attached hydrogen (secondary N) is 1. The van der Waals surface area contributed by atoms with Crippen LogP contribution in [0.1, 0.15) is 53.4 Å². The summed E-state index contributed by atoms with van der Waals surface area (Å²) in [5, 5.41) is 3.12. The van der Waals surface area contributed by atoms with Crippen molar-refractivity contribution in [2.24, 2.45) is 11.3 Å². The van der Waals surface area contributed by atoms with Gasteiger partial charge in [-0.1, -0.05) is 27.7 Å². The topological polar surface area (TPSA) is 52.7 Å². The minimum Gasteiger partial charge on any atom is -0.353 e. The predicted octanol–water partition coefficient (Wildman–Crippen LogP) is 1.87. The average Bonchev–Trinajstić information content (AvgIpc) is 2.93. The van der Waals surface area contributed by atoms with Gasteiger partial charge in [0.2, 0.25) is 11.8 Å². The molecule has 1 heterocycles. The van der Waals surface area contributed by atoms with Crippen molar-refractivity contribution in [2.45, 2.75) is 59.4 Å². The minimum atomic E-state index is 0.0493. The molecular formula is C18H33N3O2. The predicted molar refractivity (Wildman–Crippen MR) is 92.0 cm³/mol. The van der Waals surface area contributed by atoms with E-state index in [1.54, 1.807) is 0 Å². The van der Waals surface area contributed by atoms with E-state index in [0.29, 0.717) is 18.4 Å². The van der Waals surface area contributed by atoms with E-state index in [1.807, 2.05) is 18.7 Å². The fourth-order valence-corrected chi connectivity index (χ4v) is 3.89. The maximum Gasteiger partial charge on any atom is 0.223 e. The molecule has 0 radical (unpaired) electrons. The molecule has 0 aromatic heterocycles. The van der Waals surface area contributed by atoms with E-state index in [2.05, 4.69) is 24.1 Å². The maximum atomic E-state index is 12.4. The molecule has 1 N–H and O–H groups in total. The summed E-state index contributed by atoms with van der Waals surface area (Å²) in [7, 11) is 0. The Balaban J connectivity index is 1.72. The van der Waals surface area contributed by atoms with Crippen LogP contribution in [0.4, 0.5) is 0 Å². The summed E-state index contributed by atoms with van der Waals surface area (Å²) >= 11 is 0. The number of carbonyl (C=O) groups is 2. The van der Waals surface area contributed by atoms with Crippen molar-refractivity contribution in [2.75, 3.05) is 32.7 Å². The molecule has 1 aliphatic carbocycles. The monoisotopic (exact) mass is 323 g/mol. The van der Waals surface area contributed by atoms with E-state index in [9.17, 15) is 9.59 Å². The number of rotatable bonds is 7. The molecule has 0 atom stereocenters. The number of hydrogen-bond acceptors (Lipinski definition) is 3. The first kappa shape index (κ1) is 18.2. The summed E-state index contributed by atoms with van der Waals surface area (Å²) < 4.78 is 0. The Labute approximate surface area is 140 Å². The summed E-state index contributed by atoms with van der Waals surface area (Å²) in [6.07, 6.45) is 3.79. The highest BCUT2D eigenvalue weighted by atomic mass is 16.2. The standard InChI is InChI=1S/C18H33N3O2/c1-5-20(6-2)9-7-16(22)21-10-8-18(13-21)11-15(12-18)19-17(23)14(3)4/h14-15H,5-13H2,1-4H3,(H,19,23). The van der Waals surface area contributed by atoms with E-state index in [-0.39, 0.29) is 17.2 Å². The van der Waals surface area contributed by atoms with Crippen molar-refractivity contribution in [1.82, 2.24) is 15.1 Å². The van der Waals surface area contributed by atoms with Crippen molar-refractivity contribution in [3.63, 3.8) is 0 Å². The Kier molecular flexibility index (Phi) is 6.06. The Morgan fingerprint density at radius 2 is 1.91 bits per heavy atom. The molecule has 1 saturated carbocycles. The number of likely N-dealkylation sites (tertiary alicyclic amines) is 1. The third kappa shape index (κ3) is 4.46. The minimum absolute atomic E-state index is 0.0493. The molecule has 1 spiro atoms. The SMILES string of the molecule is CCN(CC)CCC(=O)N1CCC2(CC(NC(=O)C(C)C)C2)C1. The van der Waals surface area contributed by atoms with Crippen molar-refractivity contribution in [3.8, 4) is 0 Å². The van der Waals surface area contributed by atoms with Gasteiger partial charge in [0, 0.05) is 38.0 Å². The number of nitrogens with zero attached hydrogens (tertiary/aromatic N) is 2. The zero-order chi connectivity index (χ0) is 17.0. The first-order valence-corrected chi connectivity index (χ1v) is 9.19. The van der Waals surface area contributed by atoms with Crippen LogP contribution in [0, 0.1) is 11.3 Å². The maximum absolute atomic E-state index is 12.4.